The van der Waals surface area contributed by atoms with Crippen LogP contribution in [0.2, 0.25) is 0 Å². The molecule has 1 N–H and O–H groups in total. The molecule has 4 heteroatoms. The Morgan fingerprint density at radius 1 is 1.14 bits per heavy atom. The van der Waals surface area contributed by atoms with E-state index in [1.165, 1.54) is 0 Å². The molecule has 1 aromatic rings. The Balaban J connectivity index is 0. The summed E-state index contributed by atoms with van der Waals surface area (Å²) in [5.74, 6) is -0.227. The maximum Gasteiger partial charge on any atom is 0.147 e. The van der Waals surface area contributed by atoms with Gasteiger partial charge in [-0.3, -0.25) is 0 Å². The number of hydrogen-bond acceptors (Lipinski definition) is 3. The van der Waals surface area contributed by atoms with Gasteiger partial charge in [-0.1, -0.05) is 55.0 Å². The van der Waals surface area contributed by atoms with Gasteiger partial charge in [-0.2, -0.15) is 11.8 Å². The van der Waals surface area contributed by atoms with E-state index in [9.17, 15) is 4.39 Å². The first-order chi connectivity index (χ1) is 13.2. The SMILES string of the molecule is C=C(C)c1cc(C(C)(C)C)cc(F)c1NC1CCCCO1.CC.CC.CSC. The van der Waals surface area contributed by atoms with Gasteiger partial charge in [0.2, 0.25) is 0 Å². The van der Waals surface area contributed by atoms with Crippen LogP contribution in [-0.4, -0.2) is 25.3 Å². The van der Waals surface area contributed by atoms with Crippen molar-refractivity contribution in [2.45, 2.75) is 86.3 Å². The molecule has 164 valence electrons. The van der Waals surface area contributed by atoms with Crippen molar-refractivity contribution in [3.63, 3.8) is 0 Å². The zero-order valence-corrected chi connectivity index (χ0v) is 20.8. The van der Waals surface area contributed by atoms with Crippen molar-refractivity contribution >= 4 is 23.0 Å². The van der Waals surface area contributed by atoms with Gasteiger partial charge in [0.15, 0.2) is 0 Å². The molecule has 0 aliphatic carbocycles. The van der Waals surface area contributed by atoms with Gasteiger partial charge >= 0.3 is 0 Å². The third kappa shape index (κ3) is 10.5. The molecule has 1 aliphatic heterocycles. The van der Waals surface area contributed by atoms with Crippen LogP contribution in [-0.2, 0) is 10.2 Å². The topological polar surface area (TPSA) is 21.3 Å². The van der Waals surface area contributed by atoms with Crippen LogP contribution in [0, 0.1) is 5.82 Å². The molecule has 1 aromatic carbocycles. The van der Waals surface area contributed by atoms with Gasteiger partial charge in [-0.05, 0) is 67.4 Å². The van der Waals surface area contributed by atoms with E-state index >= 15 is 0 Å². The summed E-state index contributed by atoms with van der Waals surface area (Å²) in [5.41, 5.74) is 3.10. The summed E-state index contributed by atoms with van der Waals surface area (Å²) in [6, 6.07) is 3.66. The first-order valence-corrected chi connectivity index (χ1v) is 12.1. The second kappa shape index (κ2) is 15.9. The molecule has 2 nitrogen and oxygen atoms in total. The molecule has 1 atom stereocenters. The minimum absolute atomic E-state index is 0.0924. The van der Waals surface area contributed by atoms with Gasteiger partial charge in [-0.25, -0.2) is 4.39 Å². The Labute approximate surface area is 178 Å². The summed E-state index contributed by atoms with van der Waals surface area (Å²) < 4.78 is 20.3. The number of benzene rings is 1. The van der Waals surface area contributed by atoms with E-state index in [1.807, 2.05) is 53.2 Å². The predicted octanol–water partition coefficient (Wildman–Crippen LogP) is 8.13. The van der Waals surface area contributed by atoms with Crippen molar-refractivity contribution in [1.82, 2.24) is 0 Å². The lowest BCUT2D eigenvalue weighted by Gasteiger charge is -2.27. The number of nitrogens with one attached hydrogen (secondary N) is 1. The number of thioether (sulfide) groups is 1. The molecule has 2 rings (SSSR count). The highest BCUT2D eigenvalue weighted by Gasteiger charge is 2.22. The van der Waals surface area contributed by atoms with Gasteiger partial charge in [0, 0.05) is 12.2 Å². The van der Waals surface area contributed by atoms with E-state index in [4.69, 9.17) is 4.74 Å². The summed E-state index contributed by atoms with van der Waals surface area (Å²) in [6.45, 7) is 20.9. The van der Waals surface area contributed by atoms with E-state index in [0.29, 0.717) is 5.69 Å². The monoisotopic (exact) mass is 413 g/mol. The van der Waals surface area contributed by atoms with E-state index in [-0.39, 0.29) is 17.5 Å². The van der Waals surface area contributed by atoms with Crippen LogP contribution in [0.5, 0.6) is 0 Å². The molecular weight excluding hydrogens is 369 g/mol. The fourth-order valence-electron chi connectivity index (χ4n) is 2.54. The van der Waals surface area contributed by atoms with Crippen LogP contribution >= 0.6 is 11.8 Å². The Hall–Kier alpha value is -1.000. The number of hydrogen-bond donors (Lipinski definition) is 1. The maximum absolute atomic E-state index is 14.6. The molecule has 0 saturated carbocycles. The molecule has 1 heterocycles. The third-order valence-corrected chi connectivity index (χ3v) is 3.90. The quantitative estimate of drug-likeness (QED) is 0.540. The van der Waals surface area contributed by atoms with Crippen LogP contribution < -0.4 is 5.32 Å². The molecule has 1 unspecified atom stereocenters. The largest absolute Gasteiger partial charge is 0.359 e. The zero-order valence-electron chi connectivity index (χ0n) is 20.0. The highest BCUT2D eigenvalue weighted by Crippen LogP contribution is 2.33. The Kier molecular flexibility index (Phi) is 16.6. The van der Waals surface area contributed by atoms with Crippen LogP contribution in [0.1, 0.15) is 85.8 Å². The highest BCUT2D eigenvalue weighted by atomic mass is 32.2. The second-order valence-electron chi connectivity index (χ2n) is 7.32. The summed E-state index contributed by atoms with van der Waals surface area (Å²) in [4.78, 5) is 0. The van der Waals surface area contributed by atoms with Gasteiger partial charge in [0.05, 0.1) is 5.69 Å². The lowest BCUT2D eigenvalue weighted by Crippen LogP contribution is -2.28. The Morgan fingerprint density at radius 2 is 1.68 bits per heavy atom. The molecule has 28 heavy (non-hydrogen) atoms. The van der Waals surface area contributed by atoms with Crippen LogP contribution in [0.15, 0.2) is 18.7 Å². The van der Waals surface area contributed by atoms with Gasteiger partial charge in [0.1, 0.15) is 12.0 Å². The van der Waals surface area contributed by atoms with E-state index in [0.717, 1.165) is 42.6 Å². The molecule has 1 saturated heterocycles. The molecule has 0 bridgehead atoms. The molecule has 0 amide bonds. The maximum atomic E-state index is 14.6. The first-order valence-electron chi connectivity index (χ1n) is 10.5. The smallest absolute Gasteiger partial charge is 0.147 e. The number of ether oxygens (including phenoxy) is 1. The molecule has 0 spiro atoms. The average molecular weight is 414 g/mol. The van der Waals surface area contributed by atoms with Crippen molar-refractivity contribution in [3.05, 3.63) is 35.7 Å². The van der Waals surface area contributed by atoms with Crippen LogP contribution in [0.3, 0.4) is 0 Å². The lowest BCUT2D eigenvalue weighted by molar-refractivity contribution is 0.0341. The van der Waals surface area contributed by atoms with E-state index in [2.05, 4.69) is 32.7 Å². The number of allylic oxidation sites excluding steroid dienone is 1. The summed E-state index contributed by atoms with van der Waals surface area (Å²) >= 11 is 1.75. The standard InChI is InChI=1S/C18H26FNO.C2H6S.2C2H6/c1-12(2)14-10-13(18(3,4)5)11-15(19)17(14)20-16-8-6-7-9-21-16;1-3-2;2*1-2/h10-11,16,20H,1,6-9H2,2-5H3;1-2H3;2*1-2H3. The fourth-order valence-corrected chi connectivity index (χ4v) is 2.54. The van der Waals surface area contributed by atoms with E-state index in [1.54, 1.807) is 17.8 Å². The first kappa shape index (κ1) is 29.2. The van der Waals surface area contributed by atoms with Gasteiger partial charge < -0.3 is 10.1 Å². The predicted molar refractivity (Wildman–Crippen MR) is 129 cm³/mol. The minimum atomic E-state index is -0.227. The van der Waals surface area contributed by atoms with Gasteiger partial charge in [0.25, 0.3) is 0 Å². The molecule has 1 aliphatic rings. The number of rotatable bonds is 3. The summed E-state index contributed by atoms with van der Waals surface area (Å²) in [7, 11) is 0. The Morgan fingerprint density at radius 3 is 2.07 bits per heavy atom. The van der Waals surface area contributed by atoms with Crippen molar-refractivity contribution in [1.29, 1.82) is 0 Å². The zero-order chi connectivity index (χ0) is 22.3. The summed E-state index contributed by atoms with van der Waals surface area (Å²) in [5, 5.41) is 3.22. The normalized spacial score (nSPS) is 15.6. The molecule has 1 fully saturated rings. The van der Waals surface area contributed by atoms with Crippen molar-refractivity contribution in [3.8, 4) is 0 Å². The minimum Gasteiger partial charge on any atom is -0.359 e. The second-order valence-corrected chi connectivity index (χ2v) is 8.14. The molecule has 0 aromatic heterocycles. The van der Waals surface area contributed by atoms with Crippen LogP contribution in [0.4, 0.5) is 10.1 Å². The van der Waals surface area contributed by atoms with Crippen molar-refractivity contribution < 1.29 is 9.13 Å². The van der Waals surface area contributed by atoms with Crippen molar-refractivity contribution in [2.24, 2.45) is 0 Å². The molecule has 0 radical (unpaired) electrons. The van der Waals surface area contributed by atoms with Crippen molar-refractivity contribution in [2.75, 3.05) is 24.4 Å². The molecular formula is C24H44FNOS. The highest BCUT2D eigenvalue weighted by molar-refractivity contribution is 7.97. The lowest BCUT2D eigenvalue weighted by atomic mass is 9.85. The Bertz CT molecular complexity index is 546. The van der Waals surface area contributed by atoms with Crippen LogP contribution in [0.25, 0.3) is 5.57 Å². The fraction of sp³-hybridized carbons (Fsp3) is 0.667. The van der Waals surface area contributed by atoms with Gasteiger partial charge in [-0.15, -0.1) is 0 Å². The third-order valence-electron chi connectivity index (χ3n) is 3.90. The summed E-state index contributed by atoms with van der Waals surface area (Å²) in [6.07, 6.45) is 7.08. The number of halogens is 1. The van der Waals surface area contributed by atoms with E-state index < -0.39 is 0 Å². The average Bonchev–Trinajstić information content (AvgIpc) is 2.67. The number of anilines is 1.